The zero-order chi connectivity index (χ0) is 25.1. The number of morpholine rings is 1. The highest BCUT2D eigenvalue weighted by Gasteiger charge is 2.18. The second-order valence-corrected chi connectivity index (χ2v) is 8.29. The number of pyridine rings is 2. The minimum absolute atomic E-state index is 0.122. The number of hydrogen-bond donors (Lipinski definition) is 2. The molecule has 188 valence electrons. The van der Waals surface area contributed by atoms with Crippen LogP contribution < -0.4 is 20.1 Å². The van der Waals surface area contributed by atoms with Crippen molar-refractivity contribution in [3.63, 3.8) is 0 Å². The van der Waals surface area contributed by atoms with Crippen molar-refractivity contribution in [3.05, 3.63) is 54.2 Å². The number of hydrogen-bond acceptors (Lipinski definition) is 9. The summed E-state index contributed by atoms with van der Waals surface area (Å²) in [6, 6.07) is 8.82. The van der Waals surface area contributed by atoms with Crippen molar-refractivity contribution in [1.29, 1.82) is 0 Å². The van der Waals surface area contributed by atoms with E-state index in [1.165, 1.54) is 12.3 Å². The molecule has 5 heterocycles. The molecule has 2 N–H and O–H groups in total. The van der Waals surface area contributed by atoms with Gasteiger partial charge in [-0.15, -0.1) is 0 Å². The van der Waals surface area contributed by atoms with Crippen molar-refractivity contribution in [2.45, 2.75) is 26.6 Å². The Morgan fingerprint density at radius 1 is 1.19 bits per heavy atom. The van der Waals surface area contributed by atoms with Crippen LogP contribution in [0.2, 0.25) is 0 Å². The van der Waals surface area contributed by atoms with Crippen molar-refractivity contribution < 1.29 is 23.0 Å². The van der Waals surface area contributed by atoms with Gasteiger partial charge >= 0.3 is 6.61 Å². The summed E-state index contributed by atoms with van der Waals surface area (Å²) < 4.78 is 43.6. The molecule has 1 fully saturated rings. The summed E-state index contributed by atoms with van der Waals surface area (Å²) in [6.07, 6.45) is 3.04. The molecule has 0 bridgehead atoms. The second-order valence-electron chi connectivity index (χ2n) is 8.29. The van der Waals surface area contributed by atoms with Crippen LogP contribution in [0.3, 0.4) is 0 Å². The SMILES string of the molecule is Cc1cc(Nc2cc3cc(-c4cc(OC(F)F)ncc4OC[C@@H]4CNCCO4)ccn3n2)nc(C)n1. The van der Waals surface area contributed by atoms with E-state index in [4.69, 9.17) is 9.47 Å². The Bertz CT molecular complexity index is 1340. The van der Waals surface area contributed by atoms with Gasteiger partial charge in [-0.3, -0.25) is 0 Å². The highest BCUT2D eigenvalue weighted by Crippen LogP contribution is 2.34. The lowest BCUT2D eigenvalue weighted by Crippen LogP contribution is -2.41. The Kier molecular flexibility index (Phi) is 6.87. The summed E-state index contributed by atoms with van der Waals surface area (Å²) >= 11 is 0. The first-order valence-electron chi connectivity index (χ1n) is 11.4. The molecule has 0 aromatic carbocycles. The van der Waals surface area contributed by atoms with Crippen LogP contribution in [0.15, 0.2) is 42.7 Å². The summed E-state index contributed by atoms with van der Waals surface area (Å²) in [7, 11) is 0. The third-order valence-electron chi connectivity index (χ3n) is 5.48. The van der Waals surface area contributed by atoms with E-state index in [-0.39, 0.29) is 18.6 Å². The zero-order valence-electron chi connectivity index (χ0n) is 19.7. The van der Waals surface area contributed by atoms with E-state index >= 15 is 0 Å². The molecular formula is C24H25F2N7O3. The lowest BCUT2D eigenvalue weighted by Gasteiger charge is -2.24. The molecule has 4 aromatic rings. The molecule has 4 aromatic heterocycles. The van der Waals surface area contributed by atoms with Crippen LogP contribution in [-0.4, -0.2) is 63.6 Å². The maximum Gasteiger partial charge on any atom is 0.388 e. The third kappa shape index (κ3) is 5.66. The predicted octanol–water partition coefficient (Wildman–Crippen LogP) is 3.52. The largest absolute Gasteiger partial charge is 0.489 e. The number of ether oxygens (including phenoxy) is 3. The molecule has 0 saturated carbocycles. The molecule has 5 rings (SSSR count). The Morgan fingerprint density at radius 3 is 2.86 bits per heavy atom. The molecule has 1 saturated heterocycles. The number of nitrogens with zero attached hydrogens (tertiary/aromatic N) is 5. The van der Waals surface area contributed by atoms with Gasteiger partial charge in [0.1, 0.15) is 30.1 Å². The number of anilines is 2. The molecule has 0 unspecified atom stereocenters. The summed E-state index contributed by atoms with van der Waals surface area (Å²) in [4.78, 5) is 12.6. The van der Waals surface area contributed by atoms with E-state index < -0.39 is 6.61 Å². The molecule has 1 aliphatic heterocycles. The van der Waals surface area contributed by atoms with Gasteiger partial charge in [0.15, 0.2) is 5.82 Å². The van der Waals surface area contributed by atoms with Crippen molar-refractivity contribution >= 4 is 17.2 Å². The molecule has 10 nitrogen and oxygen atoms in total. The highest BCUT2D eigenvalue weighted by atomic mass is 19.3. The van der Waals surface area contributed by atoms with E-state index in [0.29, 0.717) is 41.9 Å². The van der Waals surface area contributed by atoms with E-state index in [0.717, 1.165) is 23.3 Å². The van der Waals surface area contributed by atoms with Crippen LogP contribution in [0, 0.1) is 13.8 Å². The van der Waals surface area contributed by atoms with Gasteiger partial charge in [0.25, 0.3) is 0 Å². The molecule has 0 aliphatic carbocycles. The van der Waals surface area contributed by atoms with Crippen LogP contribution >= 0.6 is 0 Å². The normalized spacial score (nSPS) is 15.9. The van der Waals surface area contributed by atoms with Crippen LogP contribution in [0.25, 0.3) is 16.6 Å². The van der Waals surface area contributed by atoms with Crippen LogP contribution in [0.4, 0.5) is 20.4 Å². The van der Waals surface area contributed by atoms with Crippen molar-refractivity contribution in [2.24, 2.45) is 0 Å². The average Bonchev–Trinajstić information content (AvgIpc) is 3.24. The van der Waals surface area contributed by atoms with Gasteiger partial charge in [-0.1, -0.05) is 0 Å². The molecule has 0 spiro atoms. The van der Waals surface area contributed by atoms with Crippen molar-refractivity contribution in [3.8, 4) is 22.8 Å². The summed E-state index contributed by atoms with van der Waals surface area (Å²) in [5.74, 6) is 2.12. The summed E-state index contributed by atoms with van der Waals surface area (Å²) in [5.41, 5.74) is 2.90. The fourth-order valence-corrected chi connectivity index (χ4v) is 3.96. The predicted molar refractivity (Wildman–Crippen MR) is 128 cm³/mol. The number of nitrogens with one attached hydrogen (secondary N) is 2. The van der Waals surface area contributed by atoms with Gasteiger partial charge in [0.2, 0.25) is 5.88 Å². The maximum atomic E-state index is 12.8. The van der Waals surface area contributed by atoms with Gasteiger partial charge in [-0.25, -0.2) is 19.5 Å². The molecule has 12 heteroatoms. The molecular weight excluding hydrogens is 472 g/mol. The van der Waals surface area contributed by atoms with Crippen LogP contribution in [0.1, 0.15) is 11.5 Å². The average molecular weight is 498 g/mol. The molecule has 0 amide bonds. The van der Waals surface area contributed by atoms with E-state index in [1.54, 1.807) is 10.7 Å². The smallest absolute Gasteiger partial charge is 0.388 e. The van der Waals surface area contributed by atoms with Gasteiger partial charge in [-0.05, 0) is 31.5 Å². The van der Waals surface area contributed by atoms with E-state index in [2.05, 4.69) is 35.4 Å². The van der Waals surface area contributed by atoms with Crippen LogP contribution in [0.5, 0.6) is 11.6 Å². The summed E-state index contributed by atoms with van der Waals surface area (Å²) in [5, 5.41) is 11.0. The topological polar surface area (TPSA) is 108 Å². The maximum absolute atomic E-state index is 12.8. The molecule has 1 atom stereocenters. The minimum atomic E-state index is -2.99. The number of aryl methyl sites for hydroxylation is 2. The summed E-state index contributed by atoms with van der Waals surface area (Å²) in [6.45, 7) is 3.08. The number of halogens is 2. The van der Waals surface area contributed by atoms with E-state index in [9.17, 15) is 8.78 Å². The monoisotopic (exact) mass is 497 g/mol. The van der Waals surface area contributed by atoms with Gasteiger partial charge < -0.3 is 24.8 Å². The lowest BCUT2D eigenvalue weighted by atomic mass is 10.1. The van der Waals surface area contributed by atoms with Crippen molar-refractivity contribution in [1.82, 2.24) is 29.9 Å². The van der Waals surface area contributed by atoms with Gasteiger partial charge in [0, 0.05) is 48.7 Å². The fraction of sp³-hybridized carbons (Fsp3) is 0.333. The third-order valence-corrected chi connectivity index (χ3v) is 5.48. The zero-order valence-corrected chi connectivity index (χ0v) is 19.7. The molecule has 1 aliphatic rings. The van der Waals surface area contributed by atoms with Gasteiger partial charge in [-0.2, -0.15) is 13.9 Å². The Balaban J connectivity index is 1.43. The Labute approximate surface area is 205 Å². The molecule has 36 heavy (non-hydrogen) atoms. The van der Waals surface area contributed by atoms with Crippen LogP contribution in [-0.2, 0) is 4.74 Å². The first kappa shape index (κ1) is 23.8. The standard InChI is InChI=1S/C24H25F2N7O3/c1-14-7-21(30-15(2)29-14)31-22-9-17-8-16(3-5-33(17)32-22)19-10-23(36-24(25)26)28-12-20(19)35-13-18-11-27-4-6-34-18/h3,5,7-10,12,18,24,27H,4,6,11,13H2,1-2H3,(H,29,30,31,32)/t18-/m0/s1. The Morgan fingerprint density at radius 2 is 2.08 bits per heavy atom. The number of aromatic nitrogens is 5. The van der Waals surface area contributed by atoms with E-state index in [1.807, 2.05) is 38.1 Å². The quantitative estimate of drug-likeness (QED) is 0.378. The van der Waals surface area contributed by atoms with Crippen molar-refractivity contribution in [2.75, 3.05) is 31.6 Å². The molecule has 0 radical (unpaired) electrons. The second kappa shape index (κ2) is 10.4. The van der Waals surface area contributed by atoms with Gasteiger partial charge in [0.05, 0.1) is 18.3 Å². The highest BCUT2D eigenvalue weighted by molar-refractivity contribution is 5.75. The number of rotatable bonds is 8. The first-order chi connectivity index (χ1) is 17.4. The fourth-order valence-electron chi connectivity index (χ4n) is 3.96. The number of alkyl halides is 2. The first-order valence-corrected chi connectivity index (χ1v) is 11.4. The minimum Gasteiger partial charge on any atom is -0.489 e. The lowest BCUT2D eigenvalue weighted by molar-refractivity contribution is -0.0528. The number of fused-ring (bicyclic) bond motifs is 1. The Hall–Kier alpha value is -3.90.